The van der Waals surface area contributed by atoms with Gasteiger partial charge in [-0.2, -0.15) is 0 Å². The van der Waals surface area contributed by atoms with Crippen LogP contribution in [0.4, 0.5) is 0 Å². The number of fused-ring (bicyclic) bond motifs is 1. The Balaban J connectivity index is 1.59. The summed E-state index contributed by atoms with van der Waals surface area (Å²) >= 11 is 0. The molecule has 3 rings (SSSR count). The van der Waals surface area contributed by atoms with Crippen LogP contribution in [0.2, 0.25) is 0 Å². The lowest BCUT2D eigenvalue weighted by molar-refractivity contribution is -0.136. The molecule has 0 atom stereocenters. The van der Waals surface area contributed by atoms with Gasteiger partial charge < -0.3 is 18.6 Å². The van der Waals surface area contributed by atoms with E-state index in [1.165, 1.54) is 26.4 Å². The van der Waals surface area contributed by atoms with Gasteiger partial charge in [-0.25, -0.2) is 9.78 Å². The van der Waals surface area contributed by atoms with Gasteiger partial charge >= 0.3 is 5.97 Å². The Bertz CT molecular complexity index is 972. The molecule has 0 radical (unpaired) electrons. The summed E-state index contributed by atoms with van der Waals surface area (Å²) in [6, 6.07) is 12.0. The van der Waals surface area contributed by atoms with Crippen molar-refractivity contribution < 1.29 is 28.2 Å². The van der Waals surface area contributed by atoms with Crippen molar-refractivity contribution in [3.8, 4) is 11.5 Å². The molecule has 7 heteroatoms. The summed E-state index contributed by atoms with van der Waals surface area (Å²) in [6.07, 6.45) is 2.55. The van der Waals surface area contributed by atoms with Crippen molar-refractivity contribution in [1.82, 2.24) is 4.98 Å². The molecule has 0 spiro atoms. The van der Waals surface area contributed by atoms with Crippen molar-refractivity contribution in [2.75, 3.05) is 20.8 Å². The fraction of sp³-hybridized carbons (Fsp3) is 0.150. The molecule has 0 saturated heterocycles. The molecule has 0 unspecified atom stereocenters. The first-order valence-corrected chi connectivity index (χ1v) is 8.06. The van der Waals surface area contributed by atoms with Gasteiger partial charge in [0.15, 0.2) is 29.5 Å². The van der Waals surface area contributed by atoms with Gasteiger partial charge in [-0.1, -0.05) is 12.1 Å². The van der Waals surface area contributed by atoms with Gasteiger partial charge in [0.05, 0.1) is 14.2 Å². The van der Waals surface area contributed by atoms with E-state index in [0.29, 0.717) is 28.2 Å². The van der Waals surface area contributed by atoms with Gasteiger partial charge in [-0.15, -0.1) is 0 Å². The molecule has 1 heterocycles. The number of Topliss-reactive ketones (excluding diaryl/α,β-unsaturated/α-hetero) is 1. The minimum absolute atomic E-state index is 0.277. The van der Waals surface area contributed by atoms with E-state index < -0.39 is 12.6 Å². The SMILES string of the molecule is COc1ccc(C(=O)COC(=O)/C=C/c2nc3ccccc3o2)cc1OC. The highest BCUT2D eigenvalue weighted by Gasteiger charge is 2.12. The largest absolute Gasteiger partial charge is 0.493 e. The lowest BCUT2D eigenvalue weighted by Crippen LogP contribution is -2.12. The van der Waals surface area contributed by atoms with E-state index >= 15 is 0 Å². The van der Waals surface area contributed by atoms with Gasteiger partial charge in [0.1, 0.15) is 5.52 Å². The fourth-order valence-electron chi connectivity index (χ4n) is 2.38. The van der Waals surface area contributed by atoms with E-state index in [0.717, 1.165) is 6.08 Å². The van der Waals surface area contributed by atoms with E-state index in [2.05, 4.69) is 4.98 Å². The van der Waals surface area contributed by atoms with E-state index in [1.807, 2.05) is 12.1 Å². The third kappa shape index (κ3) is 4.33. The number of aromatic nitrogens is 1. The topological polar surface area (TPSA) is 87.9 Å². The lowest BCUT2D eigenvalue weighted by Gasteiger charge is -2.09. The Labute approximate surface area is 155 Å². The van der Waals surface area contributed by atoms with E-state index in [1.54, 1.807) is 24.3 Å². The fourth-order valence-corrected chi connectivity index (χ4v) is 2.38. The molecule has 0 fully saturated rings. The number of carbonyl (C=O) groups excluding carboxylic acids is 2. The molecule has 2 aromatic carbocycles. The molecule has 0 amide bonds. The third-order valence-corrected chi connectivity index (χ3v) is 3.72. The molecule has 3 aromatic rings. The number of para-hydroxylation sites is 2. The summed E-state index contributed by atoms with van der Waals surface area (Å²) < 4.78 is 20.7. The van der Waals surface area contributed by atoms with Crippen molar-refractivity contribution in [3.05, 3.63) is 60.0 Å². The number of benzene rings is 2. The molecule has 7 nitrogen and oxygen atoms in total. The first kappa shape index (κ1) is 18.2. The highest BCUT2D eigenvalue weighted by atomic mass is 16.5. The molecule has 0 bridgehead atoms. The Morgan fingerprint density at radius 2 is 1.85 bits per heavy atom. The van der Waals surface area contributed by atoms with E-state index in [4.69, 9.17) is 18.6 Å². The van der Waals surface area contributed by atoms with Crippen LogP contribution in [0.3, 0.4) is 0 Å². The standard InChI is InChI=1S/C20H17NO6/c1-24-17-8-7-13(11-18(17)25-2)15(22)12-26-20(23)10-9-19-21-14-5-3-4-6-16(14)27-19/h3-11H,12H2,1-2H3/b10-9+. The summed E-state index contributed by atoms with van der Waals surface area (Å²) in [5.74, 6) is 0.169. The van der Waals surface area contributed by atoms with Crippen LogP contribution in [-0.4, -0.2) is 37.6 Å². The van der Waals surface area contributed by atoms with Crippen LogP contribution in [0, 0.1) is 0 Å². The van der Waals surface area contributed by atoms with Crippen LogP contribution in [0.1, 0.15) is 16.2 Å². The van der Waals surface area contributed by atoms with Crippen molar-refractivity contribution in [1.29, 1.82) is 0 Å². The third-order valence-electron chi connectivity index (χ3n) is 3.72. The Morgan fingerprint density at radius 3 is 2.59 bits per heavy atom. The molecule has 138 valence electrons. The number of oxazole rings is 1. The first-order valence-electron chi connectivity index (χ1n) is 8.06. The second-order valence-corrected chi connectivity index (χ2v) is 5.45. The average Bonchev–Trinajstić information content (AvgIpc) is 3.12. The van der Waals surface area contributed by atoms with Crippen LogP contribution in [-0.2, 0) is 9.53 Å². The molecule has 0 N–H and O–H groups in total. The maximum absolute atomic E-state index is 12.2. The Morgan fingerprint density at radius 1 is 1.07 bits per heavy atom. The van der Waals surface area contributed by atoms with Crippen molar-refractivity contribution >= 4 is 28.9 Å². The predicted octanol–water partition coefficient (Wildman–Crippen LogP) is 3.28. The lowest BCUT2D eigenvalue weighted by atomic mass is 10.1. The van der Waals surface area contributed by atoms with Gasteiger partial charge in [0.25, 0.3) is 0 Å². The van der Waals surface area contributed by atoms with Gasteiger partial charge in [-0.05, 0) is 30.3 Å². The number of nitrogens with zero attached hydrogens (tertiary/aromatic N) is 1. The van der Waals surface area contributed by atoms with Crippen LogP contribution in [0.15, 0.2) is 53.0 Å². The zero-order chi connectivity index (χ0) is 19.2. The van der Waals surface area contributed by atoms with Gasteiger partial charge in [0.2, 0.25) is 5.89 Å². The Kier molecular flexibility index (Phi) is 5.51. The number of esters is 1. The molecular formula is C20H17NO6. The van der Waals surface area contributed by atoms with Crippen molar-refractivity contribution in [2.24, 2.45) is 0 Å². The van der Waals surface area contributed by atoms with Crippen LogP contribution < -0.4 is 9.47 Å². The minimum atomic E-state index is -0.675. The zero-order valence-corrected chi connectivity index (χ0v) is 14.8. The average molecular weight is 367 g/mol. The predicted molar refractivity (Wildman–Crippen MR) is 97.9 cm³/mol. The van der Waals surface area contributed by atoms with Crippen LogP contribution in [0.5, 0.6) is 11.5 Å². The van der Waals surface area contributed by atoms with Crippen LogP contribution in [0.25, 0.3) is 17.2 Å². The van der Waals surface area contributed by atoms with Gasteiger partial charge in [-0.3, -0.25) is 4.79 Å². The molecular weight excluding hydrogens is 350 g/mol. The number of carbonyl (C=O) groups is 2. The van der Waals surface area contributed by atoms with E-state index in [-0.39, 0.29) is 11.7 Å². The maximum atomic E-state index is 12.2. The summed E-state index contributed by atoms with van der Waals surface area (Å²) in [4.78, 5) is 28.2. The number of hydrogen-bond donors (Lipinski definition) is 0. The normalized spacial score (nSPS) is 10.9. The maximum Gasteiger partial charge on any atom is 0.331 e. The quantitative estimate of drug-likeness (QED) is 0.360. The highest BCUT2D eigenvalue weighted by molar-refractivity contribution is 5.99. The molecule has 27 heavy (non-hydrogen) atoms. The molecule has 0 saturated carbocycles. The highest BCUT2D eigenvalue weighted by Crippen LogP contribution is 2.27. The zero-order valence-electron chi connectivity index (χ0n) is 14.8. The number of hydrogen-bond acceptors (Lipinski definition) is 7. The molecule has 0 aliphatic rings. The number of methoxy groups -OCH3 is 2. The second kappa shape index (κ2) is 8.18. The smallest absolute Gasteiger partial charge is 0.331 e. The Hall–Kier alpha value is -3.61. The van der Waals surface area contributed by atoms with E-state index in [9.17, 15) is 9.59 Å². The molecule has 0 aliphatic heterocycles. The summed E-state index contributed by atoms with van der Waals surface area (Å²) in [5.41, 5.74) is 1.66. The van der Waals surface area contributed by atoms with Crippen molar-refractivity contribution in [2.45, 2.75) is 0 Å². The second-order valence-electron chi connectivity index (χ2n) is 5.45. The summed E-state index contributed by atoms with van der Waals surface area (Å²) in [5, 5.41) is 0. The summed E-state index contributed by atoms with van der Waals surface area (Å²) in [7, 11) is 2.98. The van der Waals surface area contributed by atoms with Crippen LogP contribution >= 0.6 is 0 Å². The molecule has 1 aromatic heterocycles. The summed E-state index contributed by atoms with van der Waals surface area (Å²) in [6.45, 7) is -0.397. The van der Waals surface area contributed by atoms with Gasteiger partial charge in [0, 0.05) is 17.7 Å². The van der Waals surface area contributed by atoms with Crippen molar-refractivity contribution in [3.63, 3.8) is 0 Å². The number of ether oxygens (including phenoxy) is 3. The monoisotopic (exact) mass is 367 g/mol. The number of rotatable bonds is 7. The molecule has 0 aliphatic carbocycles. The number of ketones is 1. The minimum Gasteiger partial charge on any atom is -0.493 e. The first-order chi connectivity index (χ1) is 13.1.